The smallest absolute Gasteiger partial charge is 0.372 e. The van der Waals surface area contributed by atoms with Gasteiger partial charge < -0.3 is 20.7 Å². The zero-order valence-corrected chi connectivity index (χ0v) is 25.0. The second-order valence-electron chi connectivity index (χ2n) is 11.7. The number of aromatic nitrogens is 1. The molecule has 1 aliphatic carbocycles. The third-order valence-corrected chi connectivity index (χ3v) is 7.60. The Bertz CT molecular complexity index is 1390. The number of amides is 3. The second kappa shape index (κ2) is 14.3. The monoisotopic (exact) mass is 601 g/mol. The zero-order chi connectivity index (χ0) is 32.6. The van der Waals surface area contributed by atoms with Gasteiger partial charge in [-0.15, -0.1) is 6.42 Å². The highest BCUT2D eigenvalue weighted by Crippen LogP contribution is 2.40. The van der Waals surface area contributed by atoms with Gasteiger partial charge in [-0.2, -0.15) is 18.4 Å². The predicted molar refractivity (Wildman–Crippen MR) is 155 cm³/mol. The number of pyridine rings is 1. The summed E-state index contributed by atoms with van der Waals surface area (Å²) in [5.74, 6) is 1.16. The molecule has 12 heteroatoms. The number of benzene rings is 1. The summed E-state index contributed by atoms with van der Waals surface area (Å²) in [5, 5.41) is 13.1. The molecule has 0 spiro atoms. The van der Waals surface area contributed by atoms with Crippen LogP contribution in [0.25, 0.3) is 10.8 Å². The predicted octanol–water partition coefficient (Wildman–Crippen LogP) is 4.40. The molecule has 2 heterocycles. The van der Waals surface area contributed by atoms with E-state index in [0.717, 1.165) is 36.7 Å². The van der Waals surface area contributed by atoms with Gasteiger partial charge >= 0.3 is 12.1 Å². The standard InChI is InChI=1S/C15H27NO2.C14H9N3O.C2H2F3NO/c1-11-9-16(10-14(11,3)4)13(17)8-12(2)18-15(5)6-7-15;1-2-10-4-3-5-11-7-16-8-12(14(10)11)13(6-15)17-9-18;3-2(4,5)1(6)7/h11-12H,6-10H2,1-5H3;1,3-5,7-9,13H,(H,17,18);(H2,6,7)/t11?,12-;;/m1../s1. The van der Waals surface area contributed by atoms with Crippen molar-refractivity contribution in [1.29, 1.82) is 5.26 Å². The van der Waals surface area contributed by atoms with Crippen LogP contribution in [-0.2, 0) is 19.1 Å². The van der Waals surface area contributed by atoms with E-state index in [-0.39, 0.29) is 23.0 Å². The molecule has 1 aromatic heterocycles. The molecule has 1 saturated heterocycles. The number of fused-ring (bicyclic) bond motifs is 1. The molecule has 1 aromatic carbocycles. The van der Waals surface area contributed by atoms with Crippen LogP contribution in [0, 0.1) is 35.0 Å². The number of nitrogens with zero attached hydrogens (tertiary/aromatic N) is 3. The van der Waals surface area contributed by atoms with Crippen LogP contribution in [0.1, 0.15) is 71.0 Å². The molecule has 9 nitrogen and oxygen atoms in total. The number of likely N-dealkylation sites (tertiary alicyclic amines) is 1. The molecule has 0 radical (unpaired) electrons. The number of rotatable bonds is 7. The lowest BCUT2D eigenvalue weighted by Gasteiger charge is -2.23. The maximum atomic E-state index is 12.2. The molecule has 2 unspecified atom stereocenters. The van der Waals surface area contributed by atoms with Crippen LogP contribution in [0.5, 0.6) is 0 Å². The largest absolute Gasteiger partial charge is 0.470 e. The van der Waals surface area contributed by atoms with Crippen molar-refractivity contribution in [3.8, 4) is 18.4 Å². The number of nitriles is 1. The highest BCUT2D eigenvalue weighted by molar-refractivity contribution is 5.91. The van der Waals surface area contributed by atoms with Crippen molar-refractivity contribution >= 4 is 29.0 Å². The summed E-state index contributed by atoms with van der Waals surface area (Å²) in [7, 11) is 0. The van der Waals surface area contributed by atoms with Crippen LogP contribution >= 0.6 is 0 Å². The summed E-state index contributed by atoms with van der Waals surface area (Å²) in [5.41, 5.74) is 5.41. The molecule has 2 fully saturated rings. The topological polar surface area (TPSA) is 138 Å². The minimum atomic E-state index is -4.86. The summed E-state index contributed by atoms with van der Waals surface area (Å²) >= 11 is 0. The van der Waals surface area contributed by atoms with Crippen molar-refractivity contribution in [2.24, 2.45) is 17.1 Å². The maximum absolute atomic E-state index is 12.2. The number of nitrogens with two attached hydrogens (primary N) is 1. The highest BCUT2D eigenvalue weighted by atomic mass is 19.4. The van der Waals surface area contributed by atoms with Gasteiger partial charge in [0.05, 0.1) is 24.2 Å². The van der Waals surface area contributed by atoms with Crippen molar-refractivity contribution in [3.05, 3.63) is 41.7 Å². The van der Waals surface area contributed by atoms with E-state index in [0.29, 0.717) is 29.9 Å². The fourth-order valence-electron chi connectivity index (χ4n) is 4.54. The van der Waals surface area contributed by atoms with Gasteiger partial charge in [0.15, 0.2) is 0 Å². The van der Waals surface area contributed by atoms with Crippen molar-refractivity contribution < 1.29 is 32.3 Å². The number of terminal acetylenes is 1. The second-order valence-corrected chi connectivity index (χ2v) is 11.7. The molecule has 2 aromatic rings. The molecule has 1 saturated carbocycles. The molecule has 1 aliphatic heterocycles. The number of alkyl halides is 3. The van der Waals surface area contributed by atoms with E-state index >= 15 is 0 Å². The Kier molecular flexibility index (Phi) is 11.7. The van der Waals surface area contributed by atoms with E-state index in [9.17, 15) is 22.8 Å². The third-order valence-electron chi connectivity index (χ3n) is 7.60. The molecule has 43 heavy (non-hydrogen) atoms. The summed E-state index contributed by atoms with van der Waals surface area (Å²) < 4.78 is 38.0. The molecule has 3 atom stereocenters. The Morgan fingerprint density at radius 2 is 1.93 bits per heavy atom. The summed E-state index contributed by atoms with van der Waals surface area (Å²) in [4.78, 5) is 38.0. The van der Waals surface area contributed by atoms with Gasteiger partial charge in [0, 0.05) is 47.4 Å². The number of nitrogens with one attached hydrogen (secondary N) is 1. The number of hydrogen-bond donors (Lipinski definition) is 2. The highest BCUT2D eigenvalue weighted by Gasteiger charge is 2.42. The first-order valence-electron chi connectivity index (χ1n) is 13.7. The van der Waals surface area contributed by atoms with Gasteiger partial charge in [-0.05, 0) is 44.1 Å². The molecular formula is C31H38F3N5O4. The molecule has 4 rings (SSSR count). The van der Waals surface area contributed by atoms with E-state index in [1.54, 1.807) is 18.5 Å². The van der Waals surface area contributed by atoms with Gasteiger partial charge in [-0.25, -0.2) is 0 Å². The Morgan fingerprint density at radius 1 is 1.30 bits per heavy atom. The minimum Gasteiger partial charge on any atom is -0.372 e. The van der Waals surface area contributed by atoms with Gasteiger partial charge in [-0.1, -0.05) is 38.8 Å². The van der Waals surface area contributed by atoms with E-state index in [1.165, 1.54) is 0 Å². The number of ether oxygens (including phenoxy) is 1. The SMILES string of the molecule is C#Cc1cccc2cncc(C(C#N)NC=O)c12.CC1CN(C(=O)C[C@@H](C)OC2(C)CC2)CC1(C)C.NC(=O)C(F)(F)F. The van der Waals surface area contributed by atoms with Crippen molar-refractivity contribution in [3.63, 3.8) is 0 Å². The Labute approximate surface area is 249 Å². The first-order chi connectivity index (χ1) is 20.0. The van der Waals surface area contributed by atoms with Gasteiger partial charge in [-0.3, -0.25) is 19.4 Å². The first-order valence-corrected chi connectivity index (χ1v) is 13.7. The molecule has 0 bridgehead atoms. The summed E-state index contributed by atoms with van der Waals surface area (Å²) in [6.45, 7) is 12.7. The quantitative estimate of drug-likeness (QED) is 0.356. The number of hydrogen-bond acceptors (Lipinski definition) is 6. The minimum absolute atomic E-state index is 0.0454. The third kappa shape index (κ3) is 9.97. The lowest BCUT2D eigenvalue weighted by Crippen LogP contribution is -2.33. The molecule has 3 amide bonds. The Balaban J connectivity index is 0.000000247. The number of halogens is 3. The number of carbonyl (C=O) groups excluding carboxylic acids is 3. The lowest BCUT2D eigenvalue weighted by molar-refractivity contribution is -0.169. The number of carbonyl (C=O) groups is 3. The summed E-state index contributed by atoms with van der Waals surface area (Å²) in [6, 6.07) is 6.74. The van der Waals surface area contributed by atoms with Gasteiger partial charge in [0.2, 0.25) is 12.3 Å². The Morgan fingerprint density at radius 3 is 2.40 bits per heavy atom. The normalized spacial score (nSPS) is 19.2. The van der Waals surface area contributed by atoms with Crippen molar-refractivity contribution in [2.45, 2.75) is 77.8 Å². The number of primary amides is 1. The van der Waals surface area contributed by atoms with Crippen LogP contribution < -0.4 is 11.1 Å². The van der Waals surface area contributed by atoms with E-state index < -0.39 is 18.1 Å². The zero-order valence-electron chi connectivity index (χ0n) is 25.0. The van der Waals surface area contributed by atoms with E-state index in [1.807, 2.05) is 30.0 Å². The first kappa shape index (κ1) is 35.0. The molecular weight excluding hydrogens is 563 g/mol. The van der Waals surface area contributed by atoms with Crippen LogP contribution in [0.2, 0.25) is 0 Å². The van der Waals surface area contributed by atoms with Crippen LogP contribution in [0.4, 0.5) is 13.2 Å². The van der Waals surface area contributed by atoms with Gasteiger partial charge in [0.25, 0.3) is 0 Å². The van der Waals surface area contributed by atoms with Crippen LogP contribution in [0.15, 0.2) is 30.6 Å². The van der Waals surface area contributed by atoms with Crippen molar-refractivity contribution in [1.82, 2.24) is 15.2 Å². The van der Waals surface area contributed by atoms with Gasteiger partial charge in [0.1, 0.15) is 6.04 Å². The average molecular weight is 602 g/mol. The van der Waals surface area contributed by atoms with Crippen molar-refractivity contribution in [2.75, 3.05) is 13.1 Å². The lowest BCUT2D eigenvalue weighted by atomic mass is 9.84. The Hall–Kier alpha value is -4.16. The average Bonchev–Trinajstić information content (AvgIpc) is 3.58. The van der Waals surface area contributed by atoms with Crippen LogP contribution in [0.3, 0.4) is 0 Å². The maximum Gasteiger partial charge on any atom is 0.470 e. The molecule has 3 N–H and O–H groups in total. The van der Waals surface area contributed by atoms with E-state index in [2.05, 4.69) is 49.6 Å². The summed E-state index contributed by atoms with van der Waals surface area (Å²) in [6.07, 6.45) is 7.16. The molecule has 232 valence electrons. The van der Waals surface area contributed by atoms with E-state index in [4.69, 9.17) is 21.2 Å². The fourth-order valence-corrected chi connectivity index (χ4v) is 4.54. The van der Waals surface area contributed by atoms with Crippen LogP contribution in [-0.4, -0.2) is 59.1 Å². The fraction of sp³-hybridized carbons (Fsp3) is 0.516. The molecule has 2 aliphatic rings.